The number of hydrogen-bond donors (Lipinski definition) is 1. The predicted molar refractivity (Wildman–Crippen MR) is 49.1 cm³/mol. The van der Waals surface area contributed by atoms with Gasteiger partial charge >= 0.3 is 5.95 Å². The van der Waals surface area contributed by atoms with E-state index in [1.54, 1.807) is 0 Å². The summed E-state index contributed by atoms with van der Waals surface area (Å²) in [7, 11) is 0. The summed E-state index contributed by atoms with van der Waals surface area (Å²) in [6.45, 7) is 2.83. The second kappa shape index (κ2) is 3.91. The predicted octanol–water partition coefficient (Wildman–Crippen LogP) is -1.14. The standard InChI is InChI=1S/C7H11N5O3/c13-6(3-10-1-2-10)4-11-5-8-7(9-11)12(14)15/h5-6,13H,1-4H2. The van der Waals surface area contributed by atoms with Gasteiger partial charge in [-0.25, -0.2) is 0 Å². The summed E-state index contributed by atoms with van der Waals surface area (Å²) in [5.74, 6) is -0.436. The minimum Gasteiger partial charge on any atom is -0.390 e. The van der Waals surface area contributed by atoms with Crippen LogP contribution in [0.1, 0.15) is 0 Å². The first-order valence-corrected chi connectivity index (χ1v) is 4.59. The highest BCUT2D eigenvalue weighted by molar-refractivity contribution is 4.97. The molecule has 1 aliphatic rings. The van der Waals surface area contributed by atoms with E-state index in [-0.39, 0.29) is 6.54 Å². The van der Waals surface area contributed by atoms with Gasteiger partial charge < -0.3 is 15.2 Å². The van der Waals surface area contributed by atoms with Gasteiger partial charge in [0.05, 0.1) is 12.6 Å². The number of β-amino-alcohol motifs (C(OH)–C–C–N with tert-alkyl or cyclic N) is 1. The molecule has 0 bridgehead atoms. The van der Waals surface area contributed by atoms with Gasteiger partial charge in [-0.1, -0.05) is 4.98 Å². The maximum Gasteiger partial charge on any atom is 0.490 e. The molecule has 15 heavy (non-hydrogen) atoms. The molecule has 1 unspecified atom stereocenters. The average molecular weight is 213 g/mol. The molecule has 0 aromatic carbocycles. The molecule has 1 saturated heterocycles. The first kappa shape index (κ1) is 9.99. The van der Waals surface area contributed by atoms with Gasteiger partial charge in [0.15, 0.2) is 0 Å². The average Bonchev–Trinajstić information content (AvgIpc) is 2.82. The number of aromatic nitrogens is 3. The Bertz CT molecular complexity index is 361. The summed E-state index contributed by atoms with van der Waals surface area (Å²) in [6.07, 6.45) is 0.692. The quantitative estimate of drug-likeness (QED) is 0.377. The maximum absolute atomic E-state index is 10.3. The fourth-order valence-corrected chi connectivity index (χ4v) is 1.28. The van der Waals surface area contributed by atoms with E-state index in [9.17, 15) is 15.2 Å². The van der Waals surface area contributed by atoms with E-state index < -0.39 is 17.0 Å². The third-order valence-corrected chi connectivity index (χ3v) is 2.09. The van der Waals surface area contributed by atoms with E-state index in [0.717, 1.165) is 13.1 Å². The molecule has 1 aliphatic heterocycles. The van der Waals surface area contributed by atoms with Crippen LogP contribution in [0.3, 0.4) is 0 Å². The molecule has 2 rings (SSSR count). The minimum absolute atomic E-state index is 0.233. The fraction of sp³-hybridized carbons (Fsp3) is 0.714. The van der Waals surface area contributed by atoms with Crippen LogP contribution in [0, 0.1) is 10.1 Å². The number of nitro groups is 1. The fourth-order valence-electron chi connectivity index (χ4n) is 1.28. The molecule has 0 amide bonds. The molecule has 0 radical (unpaired) electrons. The summed E-state index contributed by atoms with van der Waals surface area (Å²) >= 11 is 0. The van der Waals surface area contributed by atoms with Gasteiger partial charge in [-0.3, -0.25) is 4.90 Å². The van der Waals surface area contributed by atoms with Crippen LogP contribution < -0.4 is 0 Å². The van der Waals surface area contributed by atoms with Crippen molar-refractivity contribution >= 4 is 5.95 Å². The Labute approximate surface area is 85.3 Å². The van der Waals surface area contributed by atoms with E-state index in [1.807, 2.05) is 0 Å². The molecular weight excluding hydrogens is 202 g/mol. The lowest BCUT2D eigenvalue weighted by Crippen LogP contribution is -2.24. The smallest absolute Gasteiger partial charge is 0.390 e. The molecule has 0 spiro atoms. The lowest BCUT2D eigenvalue weighted by atomic mass is 10.3. The van der Waals surface area contributed by atoms with Crippen molar-refractivity contribution in [2.24, 2.45) is 0 Å². The molecule has 0 saturated carbocycles. The Kier molecular flexibility index (Phi) is 2.60. The van der Waals surface area contributed by atoms with E-state index >= 15 is 0 Å². The van der Waals surface area contributed by atoms with Gasteiger partial charge in [0.2, 0.25) is 6.33 Å². The molecule has 8 nitrogen and oxygen atoms in total. The Morgan fingerprint density at radius 1 is 1.60 bits per heavy atom. The monoisotopic (exact) mass is 213 g/mol. The van der Waals surface area contributed by atoms with Crippen LogP contribution in [0.15, 0.2) is 6.33 Å². The molecule has 0 aliphatic carbocycles. The van der Waals surface area contributed by atoms with Crippen molar-refractivity contribution in [3.8, 4) is 0 Å². The second-order valence-electron chi connectivity index (χ2n) is 3.48. The van der Waals surface area contributed by atoms with Gasteiger partial charge in [-0.2, -0.15) is 4.68 Å². The van der Waals surface area contributed by atoms with Crippen LogP contribution in [0.5, 0.6) is 0 Å². The van der Waals surface area contributed by atoms with Crippen molar-refractivity contribution in [3.05, 3.63) is 16.4 Å². The number of aliphatic hydroxyl groups is 1. The normalized spacial score (nSPS) is 17.7. The zero-order valence-electron chi connectivity index (χ0n) is 7.98. The second-order valence-corrected chi connectivity index (χ2v) is 3.48. The lowest BCUT2D eigenvalue weighted by molar-refractivity contribution is -0.394. The molecule has 82 valence electrons. The molecule has 1 N–H and O–H groups in total. The van der Waals surface area contributed by atoms with Crippen LogP contribution in [0.4, 0.5) is 5.95 Å². The first-order chi connectivity index (χ1) is 7.15. The van der Waals surface area contributed by atoms with Gasteiger partial charge in [-0.15, -0.1) is 0 Å². The van der Waals surface area contributed by atoms with E-state index in [0.29, 0.717) is 6.54 Å². The van der Waals surface area contributed by atoms with E-state index in [4.69, 9.17) is 0 Å². The van der Waals surface area contributed by atoms with Gasteiger partial charge in [-0.05, 0) is 4.92 Å². The van der Waals surface area contributed by atoms with Crippen LogP contribution in [-0.2, 0) is 6.54 Å². The lowest BCUT2D eigenvalue weighted by Gasteiger charge is -2.07. The van der Waals surface area contributed by atoms with E-state index in [1.165, 1.54) is 11.0 Å². The van der Waals surface area contributed by atoms with Gasteiger partial charge in [0.25, 0.3) is 0 Å². The van der Waals surface area contributed by atoms with Crippen molar-refractivity contribution < 1.29 is 10.0 Å². The van der Waals surface area contributed by atoms with Crippen LogP contribution in [0.2, 0.25) is 0 Å². The third-order valence-electron chi connectivity index (χ3n) is 2.09. The Morgan fingerprint density at radius 2 is 2.33 bits per heavy atom. The first-order valence-electron chi connectivity index (χ1n) is 4.59. The number of nitrogens with zero attached hydrogens (tertiary/aromatic N) is 5. The largest absolute Gasteiger partial charge is 0.490 e. The minimum atomic E-state index is -0.659. The van der Waals surface area contributed by atoms with Gasteiger partial charge in [0.1, 0.15) is 0 Å². The highest BCUT2D eigenvalue weighted by Crippen LogP contribution is 2.06. The molecule has 2 heterocycles. The van der Waals surface area contributed by atoms with Crippen LogP contribution >= 0.6 is 0 Å². The molecule has 1 atom stereocenters. The SMILES string of the molecule is O=[N+]([O-])c1ncn(CC(O)CN2CC2)n1. The van der Waals surface area contributed by atoms with Crippen molar-refractivity contribution in [2.45, 2.75) is 12.6 Å². The Morgan fingerprint density at radius 3 is 2.87 bits per heavy atom. The maximum atomic E-state index is 10.3. The summed E-state index contributed by atoms with van der Waals surface area (Å²) in [5.41, 5.74) is 0. The molecule has 1 fully saturated rings. The zero-order valence-corrected chi connectivity index (χ0v) is 7.98. The Hall–Kier alpha value is -1.54. The molecule has 1 aromatic heterocycles. The van der Waals surface area contributed by atoms with Crippen molar-refractivity contribution in [3.63, 3.8) is 0 Å². The summed E-state index contributed by atoms with van der Waals surface area (Å²) < 4.78 is 1.28. The molecular formula is C7H11N5O3. The highest BCUT2D eigenvalue weighted by Gasteiger charge is 2.22. The van der Waals surface area contributed by atoms with Crippen LogP contribution in [0.25, 0.3) is 0 Å². The summed E-state index contributed by atoms with van der Waals surface area (Å²) in [5, 5.41) is 23.5. The summed E-state index contributed by atoms with van der Waals surface area (Å²) in [4.78, 5) is 15.2. The van der Waals surface area contributed by atoms with E-state index in [2.05, 4.69) is 15.0 Å². The summed E-state index contributed by atoms with van der Waals surface area (Å²) in [6, 6.07) is 0. The highest BCUT2D eigenvalue weighted by atomic mass is 16.6. The molecule has 8 heteroatoms. The van der Waals surface area contributed by atoms with Crippen molar-refractivity contribution in [1.82, 2.24) is 19.7 Å². The van der Waals surface area contributed by atoms with Crippen molar-refractivity contribution in [1.29, 1.82) is 0 Å². The van der Waals surface area contributed by atoms with Crippen molar-refractivity contribution in [2.75, 3.05) is 19.6 Å². The van der Waals surface area contributed by atoms with Gasteiger partial charge in [0, 0.05) is 24.7 Å². The third kappa shape index (κ3) is 2.70. The Balaban J connectivity index is 1.88. The zero-order chi connectivity index (χ0) is 10.8. The van der Waals surface area contributed by atoms with Crippen LogP contribution in [-0.4, -0.2) is 55.4 Å². The number of aliphatic hydroxyl groups excluding tert-OH is 1. The number of hydrogen-bond acceptors (Lipinski definition) is 6. The molecule has 1 aromatic rings. The topological polar surface area (TPSA) is 97.1 Å². The number of rotatable bonds is 5.